The maximum absolute atomic E-state index is 13.5. The molecule has 0 heterocycles. The van der Waals surface area contributed by atoms with Crippen molar-refractivity contribution in [3.05, 3.63) is 59.9 Å². The predicted octanol–water partition coefficient (Wildman–Crippen LogP) is 2.93. The lowest BCUT2D eigenvalue weighted by Crippen LogP contribution is -2.14. The molecule has 0 saturated carbocycles. The summed E-state index contributed by atoms with van der Waals surface area (Å²) >= 11 is 0. The van der Waals surface area contributed by atoms with Crippen molar-refractivity contribution >= 4 is 23.2 Å². The number of nitrogens with zero attached hydrogens (tertiary/aromatic N) is 1. The van der Waals surface area contributed by atoms with Crippen molar-refractivity contribution in [2.75, 3.05) is 10.6 Å². The van der Waals surface area contributed by atoms with Gasteiger partial charge in [0.2, 0.25) is 5.91 Å². The molecule has 0 bridgehead atoms. The Balaban J connectivity index is 2.11. The van der Waals surface area contributed by atoms with E-state index in [1.54, 1.807) is 30.3 Å². The van der Waals surface area contributed by atoms with Crippen molar-refractivity contribution < 1.29 is 14.0 Å². The van der Waals surface area contributed by atoms with E-state index in [9.17, 15) is 14.0 Å². The third kappa shape index (κ3) is 3.90. The van der Waals surface area contributed by atoms with E-state index < -0.39 is 17.6 Å². The van der Waals surface area contributed by atoms with Gasteiger partial charge < -0.3 is 10.6 Å². The first-order valence-electron chi connectivity index (χ1n) is 6.43. The maximum Gasteiger partial charge on any atom is 0.258 e. The number of rotatable bonds is 4. The molecule has 110 valence electrons. The number of hydrogen-bond acceptors (Lipinski definition) is 3. The molecule has 5 nitrogen and oxygen atoms in total. The van der Waals surface area contributed by atoms with E-state index in [1.807, 2.05) is 0 Å². The summed E-state index contributed by atoms with van der Waals surface area (Å²) in [6.07, 6.45) is -0.258. The lowest BCUT2D eigenvalue weighted by molar-refractivity contribution is -0.115. The lowest BCUT2D eigenvalue weighted by Gasteiger charge is -2.08. The second-order valence-electron chi connectivity index (χ2n) is 4.40. The molecule has 2 aromatic rings. The number of nitrogens with one attached hydrogen (secondary N) is 2. The fourth-order valence-electron chi connectivity index (χ4n) is 1.80. The molecule has 0 aliphatic carbocycles. The van der Waals surface area contributed by atoms with Crippen molar-refractivity contribution in [2.45, 2.75) is 6.42 Å². The summed E-state index contributed by atoms with van der Waals surface area (Å²) in [5.41, 5.74) is 0.774. The highest BCUT2D eigenvalue weighted by molar-refractivity contribution is 6.04. The number of amides is 2. The maximum atomic E-state index is 13.5. The van der Waals surface area contributed by atoms with Crippen molar-refractivity contribution in [2.24, 2.45) is 0 Å². The average molecular weight is 297 g/mol. The molecule has 0 aliphatic heterocycles. The summed E-state index contributed by atoms with van der Waals surface area (Å²) in [6.45, 7) is 0. The highest BCUT2D eigenvalue weighted by Crippen LogP contribution is 2.17. The van der Waals surface area contributed by atoms with E-state index in [2.05, 4.69) is 10.6 Å². The van der Waals surface area contributed by atoms with E-state index in [4.69, 9.17) is 5.26 Å². The lowest BCUT2D eigenvalue weighted by atomic mass is 10.2. The zero-order valence-corrected chi connectivity index (χ0v) is 11.5. The zero-order chi connectivity index (χ0) is 15.9. The van der Waals surface area contributed by atoms with E-state index in [0.29, 0.717) is 11.4 Å². The van der Waals surface area contributed by atoms with Crippen molar-refractivity contribution in [3.8, 4) is 6.07 Å². The molecule has 0 radical (unpaired) electrons. The third-order valence-corrected chi connectivity index (χ3v) is 2.76. The molecule has 2 amide bonds. The molecule has 6 heteroatoms. The SMILES string of the molecule is N#CCC(=O)Nc1cccc(NC(=O)c2ccccc2F)c1. The Morgan fingerprint density at radius 1 is 1.05 bits per heavy atom. The molecule has 2 aromatic carbocycles. The third-order valence-electron chi connectivity index (χ3n) is 2.76. The second kappa shape index (κ2) is 6.99. The molecular formula is C16H12FN3O2. The summed E-state index contributed by atoms with van der Waals surface area (Å²) in [5.74, 6) is -1.64. The minimum atomic E-state index is -0.613. The molecule has 22 heavy (non-hydrogen) atoms. The van der Waals surface area contributed by atoms with Gasteiger partial charge in [-0.15, -0.1) is 0 Å². The van der Waals surface area contributed by atoms with Crippen LogP contribution in [-0.4, -0.2) is 11.8 Å². The highest BCUT2D eigenvalue weighted by atomic mass is 19.1. The van der Waals surface area contributed by atoms with Crippen LogP contribution in [0.25, 0.3) is 0 Å². The van der Waals surface area contributed by atoms with Crippen LogP contribution in [0.2, 0.25) is 0 Å². The van der Waals surface area contributed by atoms with Gasteiger partial charge >= 0.3 is 0 Å². The number of hydrogen-bond donors (Lipinski definition) is 2. The van der Waals surface area contributed by atoms with Crippen LogP contribution in [0.15, 0.2) is 48.5 Å². The molecule has 0 fully saturated rings. The van der Waals surface area contributed by atoms with Gasteiger partial charge in [-0.25, -0.2) is 4.39 Å². The Hall–Kier alpha value is -3.20. The summed E-state index contributed by atoms with van der Waals surface area (Å²) in [5, 5.41) is 13.5. The number of nitriles is 1. The summed E-state index contributed by atoms with van der Waals surface area (Å²) in [7, 11) is 0. The van der Waals surface area contributed by atoms with Gasteiger partial charge in [-0.3, -0.25) is 9.59 Å². The Morgan fingerprint density at radius 3 is 2.41 bits per heavy atom. The number of benzene rings is 2. The van der Waals surface area contributed by atoms with Crippen molar-refractivity contribution in [1.29, 1.82) is 5.26 Å². The Kier molecular flexibility index (Phi) is 4.83. The van der Waals surface area contributed by atoms with Gasteiger partial charge in [-0.05, 0) is 30.3 Å². The average Bonchev–Trinajstić information content (AvgIpc) is 2.48. The van der Waals surface area contributed by atoms with E-state index in [0.717, 1.165) is 0 Å². The van der Waals surface area contributed by atoms with Crippen LogP contribution in [-0.2, 0) is 4.79 Å². The van der Waals surface area contributed by atoms with Gasteiger partial charge in [-0.1, -0.05) is 18.2 Å². The number of halogens is 1. The fourth-order valence-corrected chi connectivity index (χ4v) is 1.80. The molecule has 0 spiro atoms. The van der Waals surface area contributed by atoms with Crippen LogP contribution in [0.3, 0.4) is 0 Å². The van der Waals surface area contributed by atoms with E-state index in [-0.39, 0.29) is 12.0 Å². The van der Waals surface area contributed by atoms with Crippen molar-refractivity contribution in [3.63, 3.8) is 0 Å². The minimum absolute atomic E-state index is 0.0681. The Labute approximate surface area is 126 Å². The molecule has 0 saturated heterocycles. The van der Waals surface area contributed by atoms with Crippen LogP contribution >= 0.6 is 0 Å². The number of carbonyl (C=O) groups excluding carboxylic acids is 2. The number of carbonyl (C=O) groups is 2. The summed E-state index contributed by atoms with van der Waals surface area (Å²) in [4.78, 5) is 23.3. The standard InChI is InChI=1S/C16H12FN3O2/c17-14-7-2-1-6-13(14)16(22)20-12-5-3-4-11(10-12)19-15(21)8-9-18/h1-7,10H,8H2,(H,19,21)(H,20,22). The smallest absolute Gasteiger partial charge is 0.258 e. The van der Waals surface area contributed by atoms with Gasteiger partial charge in [0.1, 0.15) is 12.2 Å². The van der Waals surface area contributed by atoms with Crippen LogP contribution in [0, 0.1) is 17.1 Å². The summed E-state index contributed by atoms with van der Waals surface area (Å²) in [6, 6.07) is 13.8. The van der Waals surface area contributed by atoms with E-state index >= 15 is 0 Å². The van der Waals surface area contributed by atoms with Crippen LogP contribution in [0.5, 0.6) is 0 Å². The van der Waals surface area contributed by atoms with Crippen LogP contribution < -0.4 is 10.6 Å². The van der Waals surface area contributed by atoms with E-state index in [1.165, 1.54) is 24.3 Å². The van der Waals surface area contributed by atoms with Gasteiger partial charge in [0.05, 0.1) is 11.6 Å². The Bertz CT molecular complexity index is 753. The predicted molar refractivity (Wildman–Crippen MR) is 79.7 cm³/mol. The molecule has 0 unspecified atom stereocenters. The molecule has 0 aliphatic rings. The second-order valence-corrected chi connectivity index (χ2v) is 4.40. The van der Waals surface area contributed by atoms with Crippen molar-refractivity contribution in [1.82, 2.24) is 0 Å². The van der Waals surface area contributed by atoms with Gasteiger partial charge in [0.25, 0.3) is 5.91 Å². The molecule has 0 aromatic heterocycles. The number of anilines is 2. The van der Waals surface area contributed by atoms with Crippen LogP contribution in [0.1, 0.15) is 16.8 Å². The van der Waals surface area contributed by atoms with Gasteiger partial charge in [-0.2, -0.15) is 5.26 Å². The first-order chi connectivity index (χ1) is 10.6. The molecule has 2 rings (SSSR count). The molecule has 2 N–H and O–H groups in total. The zero-order valence-electron chi connectivity index (χ0n) is 11.5. The summed E-state index contributed by atoms with van der Waals surface area (Å²) < 4.78 is 13.5. The van der Waals surface area contributed by atoms with Gasteiger partial charge in [0.15, 0.2) is 0 Å². The minimum Gasteiger partial charge on any atom is -0.325 e. The van der Waals surface area contributed by atoms with Crippen LogP contribution in [0.4, 0.5) is 15.8 Å². The van der Waals surface area contributed by atoms with Gasteiger partial charge in [0, 0.05) is 11.4 Å². The normalized spacial score (nSPS) is 9.64. The monoisotopic (exact) mass is 297 g/mol. The molecule has 0 atom stereocenters. The highest BCUT2D eigenvalue weighted by Gasteiger charge is 2.11. The first kappa shape index (κ1) is 15.2. The topological polar surface area (TPSA) is 82.0 Å². The fraction of sp³-hybridized carbons (Fsp3) is 0.0625. The largest absolute Gasteiger partial charge is 0.325 e. The quantitative estimate of drug-likeness (QED) is 0.910. The Morgan fingerprint density at radius 2 is 1.73 bits per heavy atom. The molecular weight excluding hydrogens is 285 g/mol. The first-order valence-corrected chi connectivity index (χ1v) is 6.43.